The zero-order valence-electron chi connectivity index (χ0n) is 9.02. The van der Waals surface area contributed by atoms with Gasteiger partial charge in [-0.2, -0.15) is 0 Å². The van der Waals surface area contributed by atoms with Gasteiger partial charge >= 0.3 is 0 Å². The summed E-state index contributed by atoms with van der Waals surface area (Å²) in [7, 11) is 0. The molecular weight excluding hydrogens is 226 g/mol. The largest absolute Gasteiger partial charge is 0.396 e. The van der Waals surface area contributed by atoms with Crippen LogP contribution >= 0.6 is 0 Å². The molecule has 0 aromatic carbocycles. The van der Waals surface area contributed by atoms with Crippen LogP contribution in [0.2, 0.25) is 0 Å². The Bertz CT molecular complexity index is 390. The van der Waals surface area contributed by atoms with Gasteiger partial charge in [0, 0.05) is 6.20 Å². The third-order valence-electron chi connectivity index (χ3n) is 2.66. The summed E-state index contributed by atoms with van der Waals surface area (Å²) in [5, 5.41) is 30.9. The summed E-state index contributed by atoms with van der Waals surface area (Å²) < 4.78 is 5.24. The van der Waals surface area contributed by atoms with Crippen LogP contribution in [0.5, 0.6) is 0 Å². The molecule has 1 aromatic rings. The van der Waals surface area contributed by atoms with Crippen LogP contribution in [0.15, 0.2) is 18.3 Å². The molecule has 1 fully saturated rings. The second-order valence-electron chi connectivity index (χ2n) is 3.84. The molecule has 4 atom stereocenters. The third kappa shape index (κ3) is 2.32. The smallest absolute Gasteiger partial charge is 0.158 e. The minimum atomic E-state index is -1.14. The van der Waals surface area contributed by atoms with E-state index >= 15 is 0 Å². The van der Waals surface area contributed by atoms with E-state index in [1.165, 1.54) is 0 Å². The lowest BCUT2D eigenvalue weighted by Crippen LogP contribution is -2.36. The molecule has 0 radical (unpaired) electrons. The first-order chi connectivity index (χ1) is 8.13. The summed E-state index contributed by atoms with van der Waals surface area (Å²) in [6, 6.07) is 3.33. The van der Waals surface area contributed by atoms with Gasteiger partial charge < -0.3 is 31.1 Å². The highest BCUT2D eigenvalue weighted by atomic mass is 16.6. The van der Waals surface area contributed by atoms with Crippen molar-refractivity contribution in [3.63, 3.8) is 0 Å². The predicted octanol–water partition coefficient (Wildman–Crippen LogP) is -1.49. The molecule has 17 heavy (non-hydrogen) atoms. The summed E-state index contributed by atoms with van der Waals surface area (Å²) in [6.45, 7) is -0.367. The second-order valence-corrected chi connectivity index (χ2v) is 3.84. The Balaban J connectivity index is 2.08. The van der Waals surface area contributed by atoms with Gasteiger partial charge in [0.25, 0.3) is 0 Å². The third-order valence-corrected chi connectivity index (χ3v) is 2.66. The number of aliphatic hydroxyl groups is 3. The van der Waals surface area contributed by atoms with E-state index in [4.69, 9.17) is 15.6 Å². The second kappa shape index (κ2) is 4.84. The molecule has 1 saturated heterocycles. The average molecular weight is 241 g/mol. The topological polar surface area (TPSA) is 121 Å². The first-order valence-electron chi connectivity index (χ1n) is 5.23. The molecule has 0 amide bonds. The van der Waals surface area contributed by atoms with Crippen molar-refractivity contribution in [2.45, 2.75) is 24.5 Å². The Morgan fingerprint density at radius 3 is 2.76 bits per heavy atom. The van der Waals surface area contributed by atoms with E-state index in [9.17, 15) is 10.2 Å². The van der Waals surface area contributed by atoms with Crippen molar-refractivity contribution in [2.24, 2.45) is 0 Å². The van der Waals surface area contributed by atoms with Crippen molar-refractivity contribution >= 4 is 11.5 Å². The first-order valence-corrected chi connectivity index (χ1v) is 5.23. The number of hydrogen-bond donors (Lipinski definition) is 5. The summed E-state index contributed by atoms with van der Waals surface area (Å²) in [4.78, 5) is 3.98. The van der Waals surface area contributed by atoms with Gasteiger partial charge in [0.05, 0.1) is 12.3 Å². The van der Waals surface area contributed by atoms with Crippen molar-refractivity contribution in [1.82, 2.24) is 4.98 Å². The van der Waals surface area contributed by atoms with E-state index in [2.05, 4.69) is 10.3 Å². The molecule has 94 valence electrons. The summed E-state index contributed by atoms with van der Waals surface area (Å²) in [6.07, 6.45) is -2.40. The van der Waals surface area contributed by atoms with Crippen LogP contribution in [0.4, 0.5) is 11.5 Å². The van der Waals surface area contributed by atoms with Gasteiger partial charge in [0.15, 0.2) is 12.0 Å². The summed E-state index contributed by atoms with van der Waals surface area (Å²) in [5.41, 5.74) is 6.08. The number of nitrogen functional groups attached to an aromatic ring is 1. The molecule has 6 N–H and O–H groups in total. The number of nitrogens with two attached hydrogens (primary N) is 1. The Morgan fingerprint density at radius 1 is 1.41 bits per heavy atom. The highest BCUT2D eigenvalue weighted by Gasteiger charge is 2.42. The van der Waals surface area contributed by atoms with E-state index in [1.807, 2.05) is 0 Å². The molecule has 0 spiro atoms. The number of aliphatic hydroxyl groups excluding tert-OH is 3. The monoisotopic (exact) mass is 241 g/mol. The van der Waals surface area contributed by atoms with Crippen LogP contribution in [0.3, 0.4) is 0 Å². The first kappa shape index (κ1) is 12.1. The quantitative estimate of drug-likeness (QED) is 0.437. The zero-order chi connectivity index (χ0) is 12.4. The van der Waals surface area contributed by atoms with Crippen LogP contribution in [0.25, 0.3) is 0 Å². The van der Waals surface area contributed by atoms with Gasteiger partial charge in [0.2, 0.25) is 0 Å². The lowest BCUT2D eigenvalue weighted by Gasteiger charge is -2.17. The van der Waals surface area contributed by atoms with Gasteiger partial charge in [-0.25, -0.2) is 4.98 Å². The molecule has 7 heteroatoms. The summed E-state index contributed by atoms with van der Waals surface area (Å²) >= 11 is 0. The number of ether oxygens (including phenoxy) is 1. The minimum absolute atomic E-state index is 0.363. The van der Waals surface area contributed by atoms with Crippen LogP contribution < -0.4 is 11.1 Å². The van der Waals surface area contributed by atoms with E-state index in [0.717, 1.165) is 0 Å². The van der Waals surface area contributed by atoms with Gasteiger partial charge in [-0.15, -0.1) is 0 Å². The molecule has 7 nitrogen and oxygen atoms in total. The number of rotatable bonds is 3. The number of anilines is 2. The van der Waals surface area contributed by atoms with Crippen LogP contribution in [0, 0.1) is 0 Å². The standard InChI is InChI=1S/C10H15N3O4/c11-5-2-1-3-12-9(5)13-10-8(16)7(15)6(4-14)17-10/h1-3,6-8,10,14-16H,4,11H2,(H,12,13)/t6-,7-,8-,10-/m1/s1. The Hall–Kier alpha value is -1.41. The predicted molar refractivity (Wildman–Crippen MR) is 60.0 cm³/mol. The Kier molecular flexibility index (Phi) is 3.43. The molecule has 0 unspecified atom stereocenters. The fourth-order valence-corrected chi connectivity index (χ4v) is 1.69. The van der Waals surface area contributed by atoms with Crippen LogP contribution in [-0.2, 0) is 4.74 Å². The Labute approximate surface area is 97.9 Å². The number of pyridine rings is 1. The van der Waals surface area contributed by atoms with Crippen LogP contribution in [-0.4, -0.2) is 51.5 Å². The molecular formula is C10H15N3O4. The zero-order valence-corrected chi connectivity index (χ0v) is 9.02. The fourth-order valence-electron chi connectivity index (χ4n) is 1.69. The number of nitrogens with zero attached hydrogens (tertiary/aromatic N) is 1. The molecule has 0 aliphatic carbocycles. The van der Waals surface area contributed by atoms with Gasteiger partial charge in [0.1, 0.15) is 18.3 Å². The molecule has 2 rings (SSSR count). The lowest BCUT2D eigenvalue weighted by atomic mass is 10.1. The maximum atomic E-state index is 9.69. The molecule has 1 aliphatic rings. The van der Waals surface area contributed by atoms with Gasteiger partial charge in [-0.3, -0.25) is 0 Å². The van der Waals surface area contributed by atoms with E-state index < -0.39 is 24.5 Å². The normalized spacial score (nSPS) is 32.6. The Morgan fingerprint density at radius 2 is 2.18 bits per heavy atom. The van der Waals surface area contributed by atoms with Gasteiger partial charge in [-0.05, 0) is 12.1 Å². The van der Waals surface area contributed by atoms with Gasteiger partial charge in [-0.1, -0.05) is 0 Å². The maximum Gasteiger partial charge on any atom is 0.158 e. The van der Waals surface area contributed by atoms with Crippen molar-refractivity contribution in [3.05, 3.63) is 18.3 Å². The van der Waals surface area contributed by atoms with Crippen molar-refractivity contribution in [3.8, 4) is 0 Å². The van der Waals surface area contributed by atoms with Crippen molar-refractivity contribution < 1.29 is 20.1 Å². The lowest BCUT2D eigenvalue weighted by molar-refractivity contribution is -0.0153. The summed E-state index contributed by atoms with van der Waals surface area (Å²) in [5.74, 6) is 0.363. The number of hydrogen-bond acceptors (Lipinski definition) is 7. The van der Waals surface area contributed by atoms with Crippen molar-refractivity contribution in [1.29, 1.82) is 0 Å². The number of nitrogens with one attached hydrogen (secondary N) is 1. The fraction of sp³-hybridized carbons (Fsp3) is 0.500. The highest BCUT2D eigenvalue weighted by molar-refractivity contribution is 5.60. The SMILES string of the molecule is Nc1cccnc1N[C@@H]1O[C@H](CO)[C@@H](O)[C@H]1O. The van der Waals surface area contributed by atoms with Crippen LogP contribution in [0.1, 0.15) is 0 Å². The van der Waals surface area contributed by atoms with E-state index in [-0.39, 0.29) is 6.61 Å². The highest BCUT2D eigenvalue weighted by Crippen LogP contribution is 2.24. The molecule has 1 aromatic heterocycles. The van der Waals surface area contributed by atoms with Crippen molar-refractivity contribution in [2.75, 3.05) is 17.7 Å². The molecule has 0 saturated carbocycles. The number of aromatic nitrogens is 1. The molecule has 2 heterocycles. The molecule has 0 bridgehead atoms. The maximum absolute atomic E-state index is 9.69. The molecule has 1 aliphatic heterocycles. The average Bonchev–Trinajstić information content (AvgIpc) is 2.60. The van der Waals surface area contributed by atoms with E-state index in [1.54, 1.807) is 18.3 Å². The van der Waals surface area contributed by atoms with E-state index in [0.29, 0.717) is 11.5 Å². The minimum Gasteiger partial charge on any atom is -0.396 e.